The Labute approximate surface area is 221 Å². The normalized spacial score (nSPS) is 15.2. The topological polar surface area (TPSA) is 54.3 Å². The Morgan fingerprint density at radius 2 is 1.78 bits per heavy atom. The molecule has 5 heteroatoms. The number of carbonyl (C=O) groups is 1. The lowest BCUT2D eigenvalue weighted by Crippen LogP contribution is -2.28. The number of carbonyl (C=O) groups excluding carboxylic acids is 1. The van der Waals surface area contributed by atoms with Crippen molar-refractivity contribution in [3.63, 3.8) is 0 Å². The monoisotopic (exact) mass is 506 g/mol. The van der Waals surface area contributed by atoms with Crippen LogP contribution in [0, 0.1) is 0 Å². The Kier molecular flexibility index (Phi) is 7.58. The number of aryl methyl sites for hydroxylation is 2. The fraction of sp³-hybridized carbons (Fsp3) is 0.531. The van der Waals surface area contributed by atoms with Gasteiger partial charge in [0.2, 0.25) is 5.91 Å². The van der Waals surface area contributed by atoms with Crippen LogP contribution >= 0.6 is 0 Å². The molecule has 1 aliphatic rings. The Morgan fingerprint density at radius 1 is 1.05 bits per heavy atom. The summed E-state index contributed by atoms with van der Waals surface area (Å²) in [6.45, 7) is 12.9. The molecule has 1 amide bonds. The van der Waals surface area contributed by atoms with Gasteiger partial charge < -0.3 is 15.0 Å². The van der Waals surface area contributed by atoms with Crippen molar-refractivity contribution in [2.24, 2.45) is 0 Å². The van der Waals surface area contributed by atoms with Crippen molar-refractivity contribution in [1.29, 1.82) is 0 Å². The standard InChI is InChI=1S/C32H43FN2O2/c1-7-9-22-18-25(11-10-23(22)21-31(5,6)33)32(14-15-32)29(37)34-26-12-13-27-24(19-26)20-28(30(2,3)4)35(27)16-8-17-36/h10-13,18-20,36H,7-9,14-17,21H2,1-6H3,(H,34,37). The molecule has 2 aromatic carbocycles. The summed E-state index contributed by atoms with van der Waals surface area (Å²) in [5.74, 6) is 0.0311. The van der Waals surface area contributed by atoms with Crippen LogP contribution in [0.15, 0.2) is 42.5 Å². The SMILES string of the molecule is CCCc1cc(C2(C(=O)Nc3ccc4c(c3)cc(C(C)(C)C)n4CCCO)CC2)ccc1CC(C)(C)F. The minimum atomic E-state index is -1.26. The zero-order valence-corrected chi connectivity index (χ0v) is 23.4. The number of aliphatic hydroxyl groups excluding tert-OH is 1. The second kappa shape index (κ2) is 10.2. The molecule has 0 atom stereocenters. The summed E-state index contributed by atoms with van der Waals surface area (Å²) in [6, 6.07) is 14.5. The maximum absolute atomic E-state index is 14.4. The number of fused-ring (bicyclic) bond motifs is 1. The maximum Gasteiger partial charge on any atom is 0.235 e. The number of hydrogen-bond acceptors (Lipinski definition) is 2. The van der Waals surface area contributed by atoms with Gasteiger partial charge in [0, 0.05) is 47.3 Å². The van der Waals surface area contributed by atoms with Gasteiger partial charge in [-0.3, -0.25) is 4.79 Å². The highest BCUT2D eigenvalue weighted by Crippen LogP contribution is 2.49. The molecule has 0 radical (unpaired) electrons. The smallest absolute Gasteiger partial charge is 0.235 e. The van der Waals surface area contributed by atoms with Gasteiger partial charge in [-0.05, 0) is 80.5 Å². The minimum absolute atomic E-state index is 0.0311. The highest BCUT2D eigenvalue weighted by Gasteiger charge is 2.51. The van der Waals surface area contributed by atoms with Crippen LogP contribution in [0.3, 0.4) is 0 Å². The number of alkyl halides is 1. The van der Waals surface area contributed by atoms with Crippen molar-refractivity contribution in [2.45, 2.75) is 103 Å². The van der Waals surface area contributed by atoms with Gasteiger partial charge in [-0.1, -0.05) is 52.3 Å². The number of nitrogens with one attached hydrogen (secondary N) is 1. The second-order valence-electron chi connectivity index (χ2n) is 12.4. The van der Waals surface area contributed by atoms with Gasteiger partial charge in [0.1, 0.15) is 5.67 Å². The van der Waals surface area contributed by atoms with Crippen molar-refractivity contribution < 1.29 is 14.3 Å². The summed E-state index contributed by atoms with van der Waals surface area (Å²) in [4.78, 5) is 13.6. The van der Waals surface area contributed by atoms with E-state index < -0.39 is 11.1 Å². The lowest BCUT2D eigenvalue weighted by Gasteiger charge is -2.22. The van der Waals surface area contributed by atoms with Crippen molar-refractivity contribution >= 4 is 22.5 Å². The summed E-state index contributed by atoms with van der Waals surface area (Å²) in [7, 11) is 0. The van der Waals surface area contributed by atoms with Crippen molar-refractivity contribution in [1.82, 2.24) is 4.57 Å². The van der Waals surface area contributed by atoms with E-state index in [1.807, 2.05) is 18.2 Å². The number of anilines is 1. The molecule has 4 rings (SSSR count). The lowest BCUT2D eigenvalue weighted by molar-refractivity contribution is -0.118. The maximum atomic E-state index is 14.4. The summed E-state index contributed by atoms with van der Waals surface area (Å²) in [5, 5.41) is 13.7. The molecule has 0 saturated heterocycles. The quantitative estimate of drug-likeness (QED) is 0.305. The number of nitrogens with zero attached hydrogens (tertiary/aromatic N) is 1. The van der Waals surface area contributed by atoms with Crippen molar-refractivity contribution in [3.05, 3.63) is 64.8 Å². The summed E-state index contributed by atoms with van der Waals surface area (Å²) in [5.41, 5.74) is 4.58. The number of amides is 1. The molecule has 1 aromatic heterocycles. The second-order valence-corrected chi connectivity index (χ2v) is 12.4. The predicted molar refractivity (Wildman–Crippen MR) is 151 cm³/mol. The van der Waals surface area contributed by atoms with E-state index in [0.717, 1.165) is 65.5 Å². The van der Waals surface area contributed by atoms with Crippen LogP contribution in [-0.2, 0) is 35.0 Å². The zero-order valence-electron chi connectivity index (χ0n) is 23.4. The third-order valence-electron chi connectivity index (χ3n) is 7.54. The molecule has 0 spiro atoms. The summed E-state index contributed by atoms with van der Waals surface area (Å²) in [6.07, 6.45) is 4.61. The van der Waals surface area contributed by atoms with E-state index in [1.165, 1.54) is 5.69 Å². The third-order valence-corrected chi connectivity index (χ3v) is 7.54. The molecule has 200 valence electrons. The molecular weight excluding hydrogens is 463 g/mol. The first-order valence-corrected chi connectivity index (χ1v) is 13.8. The van der Waals surface area contributed by atoms with E-state index in [1.54, 1.807) is 13.8 Å². The first kappa shape index (κ1) is 27.4. The van der Waals surface area contributed by atoms with Crippen LogP contribution in [0.2, 0.25) is 0 Å². The van der Waals surface area contributed by atoms with E-state index >= 15 is 0 Å². The first-order chi connectivity index (χ1) is 17.4. The molecule has 1 saturated carbocycles. The lowest BCUT2D eigenvalue weighted by atomic mass is 9.87. The van der Waals surface area contributed by atoms with Crippen LogP contribution in [-0.4, -0.2) is 27.9 Å². The molecule has 37 heavy (non-hydrogen) atoms. The molecule has 1 heterocycles. The van der Waals surface area contributed by atoms with Crippen LogP contribution in [0.25, 0.3) is 10.9 Å². The van der Waals surface area contributed by atoms with Crippen LogP contribution < -0.4 is 5.32 Å². The number of halogens is 1. The largest absolute Gasteiger partial charge is 0.396 e. The van der Waals surface area contributed by atoms with E-state index in [0.29, 0.717) is 12.8 Å². The third kappa shape index (κ3) is 5.93. The van der Waals surface area contributed by atoms with Gasteiger partial charge in [0.05, 0.1) is 5.41 Å². The van der Waals surface area contributed by atoms with Gasteiger partial charge in [-0.25, -0.2) is 4.39 Å². The first-order valence-electron chi connectivity index (χ1n) is 13.8. The molecule has 1 fully saturated rings. The number of benzene rings is 2. The van der Waals surface area contributed by atoms with E-state index in [-0.39, 0.29) is 17.9 Å². The molecule has 0 bridgehead atoms. The molecule has 3 aromatic rings. The fourth-order valence-corrected chi connectivity index (χ4v) is 5.51. The highest BCUT2D eigenvalue weighted by molar-refractivity contribution is 6.02. The summed E-state index contributed by atoms with van der Waals surface area (Å²) >= 11 is 0. The molecular formula is C32H43FN2O2. The molecule has 1 aliphatic carbocycles. The Morgan fingerprint density at radius 3 is 2.38 bits per heavy atom. The Balaban J connectivity index is 1.60. The molecule has 0 unspecified atom stereocenters. The van der Waals surface area contributed by atoms with Crippen molar-refractivity contribution in [2.75, 3.05) is 11.9 Å². The Bertz CT molecular complexity index is 1270. The predicted octanol–water partition coefficient (Wildman–Crippen LogP) is 7.23. The summed E-state index contributed by atoms with van der Waals surface area (Å²) < 4.78 is 16.7. The number of rotatable bonds is 10. The zero-order chi connectivity index (χ0) is 27.0. The molecule has 4 nitrogen and oxygen atoms in total. The fourth-order valence-electron chi connectivity index (χ4n) is 5.51. The number of aromatic nitrogens is 1. The van der Waals surface area contributed by atoms with Gasteiger partial charge >= 0.3 is 0 Å². The average molecular weight is 507 g/mol. The van der Waals surface area contributed by atoms with Crippen molar-refractivity contribution in [3.8, 4) is 0 Å². The van der Waals surface area contributed by atoms with Crippen LogP contribution in [0.1, 0.15) is 89.6 Å². The number of hydrogen-bond donors (Lipinski definition) is 2. The molecule has 0 aliphatic heterocycles. The van der Waals surface area contributed by atoms with Gasteiger partial charge in [-0.15, -0.1) is 0 Å². The molecule has 2 N–H and O–H groups in total. The van der Waals surface area contributed by atoms with Gasteiger partial charge in [0.15, 0.2) is 0 Å². The Hall–Kier alpha value is -2.66. The van der Waals surface area contributed by atoms with Gasteiger partial charge in [-0.2, -0.15) is 0 Å². The van der Waals surface area contributed by atoms with E-state index in [4.69, 9.17) is 0 Å². The number of aliphatic hydroxyl groups is 1. The van der Waals surface area contributed by atoms with Gasteiger partial charge in [0.25, 0.3) is 0 Å². The van der Waals surface area contributed by atoms with E-state index in [2.05, 4.69) is 61.8 Å². The average Bonchev–Trinajstić information content (AvgIpc) is 3.53. The highest BCUT2D eigenvalue weighted by atomic mass is 19.1. The van der Waals surface area contributed by atoms with Crippen LogP contribution in [0.4, 0.5) is 10.1 Å². The minimum Gasteiger partial charge on any atom is -0.396 e. The van der Waals surface area contributed by atoms with Crippen LogP contribution in [0.5, 0.6) is 0 Å². The van der Waals surface area contributed by atoms with E-state index in [9.17, 15) is 14.3 Å².